The fraction of sp³-hybridized carbons (Fsp3) is 0.125. The molecule has 0 atom stereocenters. The summed E-state index contributed by atoms with van der Waals surface area (Å²) in [5, 5.41) is 11.2. The van der Waals surface area contributed by atoms with E-state index < -0.39 is 0 Å². The Balaban J connectivity index is 2.57. The van der Waals surface area contributed by atoms with Crippen LogP contribution in [0.2, 0.25) is 0 Å². The van der Waals surface area contributed by atoms with Crippen LogP contribution in [0.3, 0.4) is 0 Å². The van der Waals surface area contributed by atoms with Crippen LogP contribution in [0.15, 0.2) is 24.3 Å². The summed E-state index contributed by atoms with van der Waals surface area (Å²) >= 11 is 3.54. The number of benzene rings is 1. The Morgan fingerprint density at radius 1 is 1.58 bits per heavy atom. The molecule has 1 aromatic carbocycles. The first-order chi connectivity index (χ1) is 5.68. The first kappa shape index (κ1) is 8.93. The SMILES string of the molecule is O=C(S)NCc1cccc(O)c1. The molecule has 64 valence electrons. The van der Waals surface area contributed by atoms with E-state index in [2.05, 4.69) is 17.9 Å². The van der Waals surface area contributed by atoms with E-state index in [1.165, 1.54) is 0 Å². The molecular weight excluding hydrogens is 174 g/mol. The van der Waals surface area contributed by atoms with Gasteiger partial charge in [-0.15, -0.1) is 0 Å². The van der Waals surface area contributed by atoms with E-state index in [9.17, 15) is 4.79 Å². The molecular formula is C8H9NO2S. The predicted molar refractivity (Wildman–Crippen MR) is 49.3 cm³/mol. The summed E-state index contributed by atoms with van der Waals surface area (Å²) in [5.41, 5.74) is 0.845. The van der Waals surface area contributed by atoms with Crippen molar-refractivity contribution >= 4 is 17.9 Å². The molecule has 1 aromatic rings. The van der Waals surface area contributed by atoms with Gasteiger partial charge < -0.3 is 10.4 Å². The highest BCUT2D eigenvalue weighted by Gasteiger charge is 1.95. The number of carbonyl (C=O) groups excluding carboxylic acids is 1. The van der Waals surface area contributed by atoms with Gasteiger partial charge in [0.15, 0.2) is 0 Å². The van der Waals surface area contributed by atoms with E-state index in [1.807, 2.05) is 6.07 Å². The van der Waals surface area contributed by atoms with Gasteiger partial charge >= 0.3 is 0 Å². The quantitative estimate of drug-likeness (QED) is 0.609. The third-order valence-electron chi connectivity index (χ3n) is 1.35. The van der Waals surface area contributed by atoms with Gasteiger partial charge in [0.05, 0.1) is 0 Å². The van der Waals surface area contributed by atoms with Crippen LogP contribution in [0.1, 0.15) is 5.56 Å². The second kappa shape index (κ2) is 4.01. The van der Waals surface area contributed by atoms with Gasteiger partial charge in [-0.25, -0.2) is 0 Å². The average Bonchev–Trinajstić information content (AvgIpc) is 2.01. The highest BCUT2D eigenvalue weighted by atomic mass is 32.1. The van der Waals surface area contributed by atoms with Gasteiger partial charge in [0.1, 0.15) is 5.75 Å². The number of phenolic OH excluding ortho intramolecular Hbond substituents is 1. The van der Waals surface area contributed by atoms with Crippen LogP contribution in [0, 0.1) is 0 Å². The summed E-state index contributed by atoms with van der Waals surface area (Å²) in [4.78, 5) is 10.4. The molecule has 0 heterocycles. The van der Waals surface area contributed by atoms with Crippen molar-refractivity contribution in [3.63, 3.8) is 0 Å². The minimum Gasteiger partial charge on any atom is -0.508 e. The highest BCUT2D eigenvalue weighted by Crippen LogP contribution is 2.10. The lowest BCUT2D eigenvalue weighted by Crippen LogP contribution is -2.15. The van der Waals surface area contributed by atoms with Crippen LogP contribution in [-0.2, 0) is 6.54 Å². The summed E-state index contributed by atoms with van der Waals surface area (Å²) in [7, 11) is 0. The van der Waals surface area contributed by atoms with Crippen molar-refractivity contribution in [2.75, 3.05) is 0 Å². The molecule has 0 saturated carbocycles. The molecule has 2 N–H and O–H groups in total. The van der Waals surface area contributed by atoms with Gasteiger partial charge in [-0.2, -0.15) is 0 Å². The van der Waals surface area contributed by atoms with Crippen molar-refractivity contribution in [1.29, 1.82) is 0 Å². The number of carbonyl (C=O) groups is 1. The summed E-state index contributed by atoms with van der Waals surface area (Å²) < 4.78 is 0. The van der Waals surface area contributed by atoms with Crippen LogP contribution in [-0.4, -0.2) is 10.3 Å². The minimum absolute atomic E-state index is 0.195. The van der Waals surface area contributed by atoms with Crippen molar-refractivity contribution in [3.8, 4) is 5.75 Å². The molecule has 0 aliphatic heterocycles. The lowest BCUT2D eigenvalue weighted by molar-refractivity contribution is 0.260. The van der Waals surface area contributed by atoms with Crippen molar-refractivity contribution in [2.24, 2.45) is 0 Å². The molecule has 12 heavy (non-hydrogen) atoms. The fourth-order valence-electron chi connectivity index (χ4n) is 0.844. The minimum atomic E-state index is -0.377. The van der Waals surface area contributed by atoms with Crippen LogP contribution in [0.25, 0.3) is 0 Å². The normalized spacial score (nSPS) is 9.42. The summed E-state index contributed by atoms with van der Waals surface area (Å²) in [5.74, 6) is 0.195. The molecule has 0 radical (unpaired) electrons. The molecule has 0 aromatic heterocycles. The monoisotopic (exact) mass is 183 g/mol. The van der Waals surface area contributed by atoms with Crippen LogP contribution >= 0.6 is 12.6 Å². The lowest BCUT2D eigenvalue weighted by atomic mass is 10.2. The first-order valence-corrected chi connectivity index (χ1v) is 3.88. The Labute approximate surface area is 75.8 Å². The molecule has 4 heteroatoms. The van der Waals surface area contributed by atoms with E-state index in [0.717, 1.165) is 5.56 Å². The van der Waals surface area contributed by atoms with E-state index in [-0.39, 0.29) is 11.0 Å². The molecule has 0 bridgehead atoms. The van der Waals surface area contributed by atoms with Crippen LogP contribution in [0.5, 0.6) is 5.75 Å². The Kier molecular flexibility index (Phi) is 2.99. The molecule has 0 aliphatic carbocycles. The van der Waals surface area contributed by atoms with E-state index in [0.29, 0.717) is 6.54 Å². The molecule has 3 nitrogen and oxygen atoms in total. The van der Waals surface area contributed by atoms with Gasteiger partial charge in [-0.3, -0.25) is 4.79 Å². The third-order valence-corrected chi connectivity index (χ3v) is 1.51. The van der Waals surface area contributed by atoms with E-state index >= 15 is 0 Å². The summed E-state index contributed by atoms with van der Waals surface area (Å²) in [6, 6.07) is 6.69. The molecule has 0 fully saturated rings. The van der Waals surface area contributed by atoms with Crippen molar-refractivity contribution in [1.82, 2.24) is 5.32 Å². The number of nitrogens with one attached hydrogen (secondary N) is 1. The number of hydrogen-bond donors (Lipinski definition) is 3. The Bertz CT molecular complexity index is 288. The topological polar surface area (TPSA) is 49.3 Å². The maximum Gasteiger partial charge on any atom is 0.276 e. The van der Waals surface area contributed by atoms with Gasteiger partial charge in [-0.1, -0.05) is 24.8 Å². The number of hydrogen-bond acceptors (Lipinski definition) is 2. The van der Waals surface area contributed by atoms with Crippen LogP contribution < -0.4 is 5.32 Å². The summed E-state index contributed by atoms with van der Waals surface area (Å²) in [6.07, 6.45) is 0. The molecule has 0 aliphatic rings. The zero-order valence-electron chi connectivity index (χ0n) is 6.32. The van der Waals surface area contributed by atoms with E-state index in [1.54, 1.807) is 18.2 Å². The average molecular weight is 183 g/mol. The number of amides is 1. The van der Waals surface area contributed by atoms with Crippen molar-refractivity contribution < 1.29 is 9.90 Å². The Hall–Kier alpha value is -1.16. The smallest absolute Gasteiger partial charge is 0.276 e. The second-order valence-electron chi connectivity index (χ2n) is 2.33. The van der Waals surface area contributed by atoms with Gasteiger partial charge in [0.2, 0.25) is 0 Å². The fourth-order valence-corrected chi connectivity index (χ4v) is 0.923. The Morgan fingerprint density at radius 3 is 2.92 bits per heavy atom. The predicted octanol–water partition coefficient (Wildman–Crippen LogP) is 1.53. The molecule has 0 saturated heterocycles. The van der Waals surface area contributed by atoms with Gasteiger partial charge in [0, 0.05) is 6.54 Å². The molecule has 1 amide bonds. The second-order valence-corrected chi connectivity index (χ2v) is 2.73. The third kappa shape index (κ3) is 2.84. The van der Waals surface area contributed by atoms with Gasteiger partial charge in [-0.05, 0) is 17.7 Å². The van der Waals surface area contributed by atoms with E-state index in [4.69, 9.17) is 5.11 Å². The summed E-state index contributed by atoms with van der Waals surface area (Å²) in [6.45, 7) is 0.386. The first-order valence-electron chi connectivity index (χ1n) is 3.43. The molecule has 0 unspecified atom stereocenters. The highest BCUT2D eigenvalue weighted by molar-refractivity contribution is 7.96. The van der Waals surface area contributed by atoms with Crippen LogP contribution in [0.4, 0.5) is 4.79 Å². The lowest BCUT2D eigenvalue weighted by Gasteiger charge is -2.01. The number of phenols is 1. The zero-order chi connectivity index (χ0) is 8.97. The van der Waals surface area contributed by atoms with Crippen molar-refractivity contribution in [2.45, 2.75) is 6.54 Å². The largest absolute Gasteiger partial charge is 0.508 e. The number of rotatable bonds is 2. The zero-order valence-corrected chi connectivity index (χ0v) is 7.21. The maximum atomic E-state index is 10.4. The Morgan fingerprint density at radius 2 is 2.33 bits per heavy atom. The number of aromatic hydroxyl groups is 1. The molecule has 0 spiro atoms. The molecule has 1 rings (SSSR count). The standard InChI is InChI=1S/C8H9NO2S/c10-7-3-1-2-6(4-7)5-9-8(11)12/h1-4,10H,5H2,(H2,9,11,12). The van der Waals surface area contributed by atoms with Gasteiger partial charge in [0.25, 0.3) is 5.24 Å². The van der Waals surface area contributed by atoms with Crippen molar-refractivity contribution in [3.05, 3.63) is 29.8 Å². The maximum absolute atomic E-state index is 10.4. The number of thiol groups is 1.